The summed E-state index contributed by atoms with van der Waals surface area (Å²) in [7, 11) is 0. The van der Waals surface area contributed by atoms with Crippen molar-refractivity contribution >= 4 is 18.5 Å². The molecule has 4 nitrogen and oxygen atoms in total. The molecule has 26 heavy (non-hydrogen) atoms. The summed E-state index contributed by atoms with van der Waals surface area (Å²) in [5.74, 6) is 0.865. The van der Waals surface area contributed by atoms with Crippen LogP contribution in [0, 0.1) is 11.8 Å². The van der Waals surface area contributed by atoms with E-state index in [1.54, 1.807) is 12.2 Å². The number of halogens is 3. The third-order valence-electron chi connectivity index (χ3n) is 4.20. The Bertz CT molecular complexity index is 490. The first-order chi connectivity index (χ1) is 11.7. The number of hydrogen-bond acceptors (Lipinski definition) is 3. The molecule has 0 fully saturated rings. The van der Waals surface area contributed by atoms with Crippen LogP contribution in [0.25, 0.3) is 0 Å². The fourth-order valence-electron chi connectivity index (χ4n) is 2.65. The van der Waals surface area contributed by atoms with Gasteiger partial charge in [0, 0.05) is 6.54 Å². The summed E-state index contributed by atoms with van der Waals surface area (Å²) in [5, 5.41) is 2.71. The van der Waals surface area contributed by atoms with E-state index < -0.39 is 11.7 Å². The lowest BCUT2D eigenvalue weighted by molar-refractivity contribution is 0.0518. The molecule has 2 aliphatic carbocycles. The van der Waals surface area contributed by atoms with Crippen LogP contribution in [0.2, 0.25) is 0 Å². The number of ether oxygens (including phenoxy) is 1. The van der Waals surface area contributed by atoms with Gasteiger partial charge in [-0.1, -0.05) is 12.2 Å². The summed E-state index contributed by atoms with van der Waals surface area (Å²) in [6, 6.07) is 0. The number of carbonyl (C=O) groups excluding carboxylic acids is 1. The predicted octanol–water partition coefficient (Wildman–Crippen LogP) is 5.19. The van der Waals surface area contributed by atoms with Gasteiger partial charge >= 0.3 is 6.09 Å². The van der Waals surface area contributed by atoms with Crippen molar-refractivity contribution in [3.8, 4) is 0 Å². The Morgan fingerprint density at radius 1 is 1.15 bits per heavy atom. The lowest BCUT2D eigenvalue weighted by atomic mass is 9.94. The lowest BCUT2D eigenvalue weighted by Crippen LogP contribution is -2.35. The predicted molar refractivity (Wildman–Crippen MR) is 104 cm³/mol. The van der Waals surface area contributed by atoms with Gasteiger partial charge in [-0.2, -0.15) is 0 Å². The number of hydrogen-bond donors (Lipinski definition) is 2. The fraction of sp³-hybridized carbons (Fsp3) is 0.737. The third-order valence-corrected chi connectivity index (χ3v) is 4.20. The highest BCUT2D eigenvalue weighted by Gasteiger charge is 2.19. The average molecular weight is 395 g/mol. The Morgan fingerprint density at radius 3 is 2.04 bits per heavy atom. The van der Waals surface area contributed by atoms with Crippen molar-refractivity contribution in [3.05, 3.63) is 23.8 Å². The van der Waals surface area contributed by atoms with E-state index in [0.29, 0.717) is 44.2 Å². The summed E-state index contributed by atoms with van der Waals surface area (Å²) in [5.41, 5.74) is 4.93. The highest BCUT2D eigenvalue weighted by atomic mass is 35.5. The topological polar surface area (TPSA) is 64.3 Å². The van der Waals surface area contributed by atoms with Crippen LogP contribution in [0.4, 0.5) is 13.6 Å². The molecule has 0 heterocycles. The van der Waals surface area contributed by atoms with Crippen LogP contribution < -0.4 is 11.1 Å². The van der Waals surface area contributed by atoms with Gasteiger partial charge in [-0.25, -0.2) is 13.6 Å². The van der Waals surface area contributed by atoms with Crippen LogP contribution >= 0.6 is 12.4 Å². The van der Waals surface area contributed by atoms with Crippen LogP contribution in [-0.2, 0) is 4.74 Å². The minimum absolute atomic E-state index is 0. The molecular weight excluding hydrogens is 362 g/mol. The van der Waals surface area contributed by atoms with Gasteiger partial charge in [0.1, 0.15) is 5.60 Å². The van der Waals surface area contributed by atoms with E-state index in [2.05, 4.69) is 5.32 Å². The molecule has 0 aliphatic heterocycles. The quantitative estimate of drug-likeness (QED) is 0.692. The Labute approximate surface area is 162 Å². The first kappa shape index (κ1) is 24.9. The molecule has 0 radical (unpaired) electrons. The van der Waals surface area contributed by atoms with E-state index in [4.69, 9.17) is 10.5 Å². The Balaban J connectivity index is 0.000000532. The van der Waals surface area contributed by atoms with Crippen molar-refractivity contribution in [1.29, 1.82) is 0 Å². The van der Waals surface area contributed by atoms with E-state index in [9.17, 15) is 13.6 Å². The number of allylic oxidation sites excluding steroid dienone is 4. The van der Waals surface area contributed by atoms with E-state index in [-0.39, 0.29) is 24.1 Å². The van der Waals surface area contributed by atoms with Gasteiger partial charge in [0.25, 0.3) is 0 Å². The van der Waals surface area contributed by atoms with Crippen molar-refractivity contribution in [2.75, 3.05) is 13.1 Å². The number of carbonyl (C=O) groups is 1. The molecule has 2 aliphatic rings. The SMILES string of the molecule is CC(C)(C)OC(=O)NCC1CC=C(F)CC1.Cl.NCC1CC=C(F)CC1. The Kier molecular flexibility index (Phi) is 11.7. The van der Waals surface area contributed by atoms with Gasteiger partial charge in [-0.05, 0) is 77.7 Å². The Hall–Kier alpha value is -1.14. The molecule has 152 valence electrons. The molecule has 0 spiro atoms. The fourth-order valence-corrected chi connectivity index (χ4v) is 2.65. The van der Waals surface area contributed by atoms with Gasteiger partial charge in [0.05, 0.1) is 11.7 Å². The molecule has 0 saturated heterocycles. The maximum absolute atomic E-state index is 12.7. The van der Waals surface area contributed by atoms with Crippen LogP contribution in [0.1, 0.15) is 59.3 Å². The summed E-state index contributed by atoms with van der Waals surface area (Å²) in [6.07, 6.45) is 7.19. The van der Waals surface area contributed by atoms with Crippen molar-refractivity contribution < 1.29 is 18.3 Å². The van der Waals surface area contributed by atoms with Crippen LogP contribution in [0.15, 0.2) is 23.8 Å². The number of nitrogens with two attached hydrogens (primary N) is 1. The average Bonchev–Trinajstić information content (AvgIpc) is 2.54. The van der Waals surface area contributed by atoms with E-state index in [1.165, 1.54) is 0 Å². The molecular formula is C19H33ClF2N2O2. The summed E-state index contributed by atoms with van der Waals surface area (Å²) >= 11 is 0. The minimum Gasteiger partial charge on any atom is -0.444 e. The molecule has 2 unspecified atom stereocenters. The standard InChI is InChI=1S/C12H20FNO2.C7H12FN.ClH/c1-12(2,3)16-11(15)14-8-9-4-6-10(13)7-5-9;8-7-3-1-6(5-9)2-4-7;/h6,9H,4-5,7-8H2,1-3H3,(H,14,15);3,6H,1-2,4-5,9H2;1H. The monoisotopic (exact) mass is 394 g/mol. The maximum Gasteiger partial charge on any atom is 0.407 e. The van der Waals surface area contributed by atoms with Crippen molar-refractivity contribution in [3.63, 3.8) is 0 Å². The zero-order valence-corrected chi connectivity index (χ0v) is 16.8. The third kappa shape index (κ3) is 11.5. The smallest absolute Gasteiger partial charge is 0.407 e. The molecule has 2 rings (SSSR count). The number of alkyl carbamates (subject to hydrolysis) is 1. The zero-order chi connectivity index (χ0) is 18.9. The normalized spacial score (nSPS) is 22.7. The molecule has 3 N–H and O–H groups in total. The minimum atomic E-state index is -0.470. The van der Waals surface area contributed by atoms with Crippen molar-refractivity contribution in [2.24, 2.45) is 17.6 Å². The first-order valence-electron chi connectivity index (χ1n) is 9.05. The summed E-state index contributed by atoms with van der Waals surface area (Å²) in [4.78, 5) is 11.3. The van der Waals surface area contributed by atoms with Crippen molar-refractivity contribution in [2.45, 2.75) is 64.9 Å². The highest BCUT2D eigenvalue weighted by molar-refractivity contribution is 5.85. The molecule has 1 amide bonds. The van der Waals surface area contributed by atoms with E-state index in [0.717, 1.165) is 19.3 Å². The second-order valence-electron chi connectivity index (χ2n) is 7.70. The first-order valence-corrected chi connectivity index (χ1v) is 9.05. The molecule has 0 saturated carbocycles. The Morgan fingerprint density at radius 2 is 1.65 bits per heavy atom. The molecule has 7 heteroatoms. The summed E-state index contributed by atoms with van der Waals surface area (Å²) < 4.78 is 30.2. The summed E-state index contributed by atoms with van der Waals surface area (Å²) in [6.45, 7) is 6.73. The van der Waals surface area contributed by atoms with Gasteiger partial charge in [0.2, 0.25) is 0 Å². The van der Waals surface area contributed by atoms with Gasteiger partial charge in [-0.3, -0.25) is 0 Å². The number of rotatable bonds is 3. The lowest BCUT2D eigenvalue weighted by Gasteiger charge is -2.22. The largest absolute Gasteiger partial charge is 0.444 e. The molecule has 0 aromatic rings. The van der Waals surface area contributed by atoms with Gasteiger partial charge in [0.15, 0.2) is 0 Å². The highest BCUT2D eigenvalue weighted by Crippen LogP contribution is 2.24. The second-order valence-corrected chi connectivity index (χ2v) is 7.70. The molecule has 0 aromatic heterocycles. The number of nitrogens with one attached hydrogen (secondary N) is 1. The van der Waals surface area contributed by atoms with Gasteiger partial charge in [-0.15, -0.1) is 12.4 Å². The van der Waals surface area contributed by atoms with Crippen molar-refractivity contribution in [1.82, 2.24) is 5.32 Å². The maximum atomic E-state index is 12.7. The zero-order valence-electron chi connectivity index (χ0n) is 16.0. The van der Waals surface area contributed by atoms with E-state index >= 15 is 0 Å². The van der Waals surface area contributed by atoms with Crippen LogP contribution in [0.3, 0.4) is 0 Å². The molecule has 0 aromatic carbocycles. The molecule has 0 bridgehead atoms. The molecule has 2 atom stereocenters. The van der Waals surface area contributed by atoms with Crippen LogP contribution in [-0.4, -0.2) is 24.8 Å². The van der Waals surface area contributed by atoms with E-state index in [1.807, 2.05) is 20.8 Å². The second kappa shape index (κ2) is 12.3. The van der Waals surface area contributed by atoms with Gasteiger partial charge < -0.3 is 15.8 Å². The number of amides is 1. The van der Waals surface area contributed by atoms with Crippen LogP contribution in [0.5, 0.6) is 0 Å².